The van der Waals surface area contributed by atoms with Crippen LogP contribution in [0.5, 0.6) is 11.5 Å². The van der Waals surface area contributed by atoms with Crippen LogP contribution in [0.4, 0.5) is 5.95 Å². The minimum Gasteiger partial charge on any atom is -0.497 e. The molecule has 1 aliphatic heterocycles. The van der Waals surface area contributed by atoms with Crippen molar-refractivity contribution in [3.63, 3.8) is 0 Å². The van der Waals surface area contributed by atoms with E-state index in [4.69, 9.17) is 16.0 Å². The lowest BCUT2D eigenvalue weighted by Gasteiger charge is -2.37. The number of methoxy groups -OCH3 is 1. The molecule has 0 radical (unpaired) electrons. The lowest BCUT2D eigenvalue weighted by molar-refractivity contribution is 0.152. The second-order valence-electron chi connectivity index (χ2n) is 10.8. The molecule has 0 N–H and O–H groups in total. The Hall–Kier alpha value is -5.53. The molecule has 208 valence electrons. The molecule has 0 spiro atoms. The minimum absolute atomic E-state index is 0.142. The zero-order chi connectivity index (χ0) is 29.8. The van der Waals surface area contributed by atoms with E-state index in [1.807, 2.05) is 42.5 Å². The van der Waals surface area contributed by atoms with Crippen molar-refractivity contribution in [2.24, 2.45) is 0 Å². The summed E-state index contributed by atoms with van der Waals surface area (Å²) in [6.45, 7) is 12.1. The number of fused-ring (bicyclic) bond motifs is 8. The van der Waals surface area contributed by atoms with Crippen LogP contribution < -0.4 is 9.47 Å². The molecule has 1 unspecified atom stereocenters. The molecule has 2 aliphatic rings. The Labute approximate surface area is 249 Å². The van der Waals surface area contributed by atoms with Gasteiger partial charge in [0.15, 0.2) is 6.07 Å². The van der Waals surface area contributed by atoms with Crippen LogP contribution in [-0.2, 0) is 11.0 Å². The van der Waals surface area contributed by atoms with Crippen LogP contribution in [0.25, 0.3) is 32.8 Å². The lowest BCUT2D eigenvalue weighted by Crippen LogP contribution is -2.37. The van der Waals surface area contributed by atoms with Gasteiger partial charge in [0.05, 0.1) is 7.11 Å². The van der Waals surface area contributed by atoms with Gasteiger partial charge in [-0.1, -0.05) is 80.6 Å². The predicted molar refractivity (Wildman–Crippen MR) is 165 cm³/mol. The molecular formula is C36H27N5O2. The minimum atomic E-state index is -1.34. The number of aromatic nitrogens is 3. The Morgan fingerprint density at radius 2 is 1.65 bits per heavy atom. The Bertz CT molecular complexity index is 2020. The van der Waals surface area contributed by atoms with Gasteiger partial charge in [-0.25, -0.2) is 0 Å². The number of ether oxygens (including phenoxy) is 2. The summed E-state index contributed by atoms with van der Waals surface area (Å²) < 4.78 is 12.6. The predicted octanol–water partition coefficient (Wildman–Crippen LogP) is 7.89. The molecule has 0 saturated carbocycles. The molecule has 1 aliphatic carbocycles. The Morgan fingerprint density at radius 3 is 2.35 bits per heavy atom. The number of nitriles is 1. The third-order valence-corrected chi connectivity index (χ3v) is 9.03. The molecule has 0 saturated heterocycles. The van der Waals surface area contributed by atoms with Crippen molar-refractivity contribution in [1.82, 2.24) is 15.0 Å². The highest BCUT2D eigenvalue weighted by molar-refractivity contribution is 6.08. The maximum absolute atomic E-state index is 9.72. The summed E-state index contributed by atoms with van der Waals surface area (Å²) in [5.41, 5.74) is 5.35. The second-order valence-corrected chi connectivity index (χ2v) is 10.8. The van der Waals surface area contributed by atoms with Gasteiger partial charge in [-0.15, -0.1) is 16.5 Å². The van der Waals surface area contributed by atoms with Crippen LogP contribution in [0.15, 0.2) is 78.9 Å². The van der Waals surface area contributed by atoms with Crippen molar-refractivity contribution < 1.29 is 9.47 Å². The molecule has 1 atom stereocenters. The van der Waals surface area contributed by atoms with Crippen LogP contribution in [0.1, 0.15) is 60.6 Å². The van der Waals surface area contributed by atoms with E-state index in [1.54, 1.807) is 7.11 Å². The van der Waals surface area contributed by atoms with Crippen molar-refractivity contribution in [2.75, 3.05) is 7.11 Å². The van der Waals surface area contributed by atoms with E-state index in [9.17, 15) is 5.26 Å². The summed E-state index contributed by atoms with van der Waals surface area (Å²) >= 11 is 0. The van der Waals surface area contributed by atoms with Gasteiger partial charge >= 0.3 is 5.95 Å². The zero-order valence-corrected chi connectivity index (χ0v) is 24.0. The van der Waals surface area contributed by atoms with Gasteiger partial charge in [0.1, 0.15) is 11.5 Å². The quantitative estimate of drug-likeness (QED) is 0.203. The summed E-state index contributed by atoms with van der Waals surface area (Å²) in [7, 11) is 1.61. The zero-order valence-electron chi connectivity index (χ0n) is 24.0. The van der Waals surface area contributed by atoms with Crippen LogP contribution >= 0.6 is 0 Å². The van der Waals surface area contributed by atoms with Crippen LogP contribution in [-0.4, -0.2) is 22.1 Å². The number of nitrogens with zero attached hydrogens (tertiary/aromatic N) is 5. The summed E-state index contributed by atoms with van der Waals surface area (Å²) in [6, 6.07) is 26.6. The van der Waals surface area contributed by atoms with Crippen LogP contribution in [0.3, 0.4) is 0 Å². The van der Waals surface area contributed by atoms with E-state index in [0.29, 0.717) is 5.75 Å². The Balaban J connectivity index is 1.58. The van der Waals surface area contributed by atoms with Crippen molar-refractivity contribution in [1.29, 1.82) is 5.26 Å². The van der Waals surface area contributed by atoms with E-state index in [2.05, 4.69) is 82.2 Å². The average Bonchev–Trinajstić information content (AvgIpc) is 3.38. The fraction of sp³-hybridized carbons (Fsp3) is 0.194. The maximum Gasteiger partial charge on any atom is 0.376 e. The third kappa shape index (κ3) is 3.62. The van der Waals surface area contributed by atoms with E-state index >= 15 is 0 Å². The summed E-state index contributed by atoms with van der Waals surface area (Å²) in [5, 5.41) is 11.8. The molecule has 43 heavy (non-hydrogen) atoms. The van der Waals surface area contributed by atoms with Crippen molar-refractivity contribution in [2.45, 2.75) is 37.7 Å². The standard InChI is InChI=1S/C36H27N5O2/c1-5-35(6-2)28-14-10-9-13-26(28)30-24-11-7-8-12-25(24)32-27(31(30)35)19-20-36(43-32,22-15-17-23(42-4)18-16-22)33-39-29(21-37)40-34(38-3)41-33/h7-20H,5-6H2,1-2,4H3. The van der Waals surface area contributed by atoms with E-state index in [-0.39, 0.29) is 23.0 Å². The first-order valence-electron chi connectivity index (χ1n) is 14.3. The molecule has 0 bridgehead atoms. The maximum atomic E-state index is 9.72. The molecule has 0 amide bonds. The Kier molecular flexibility index (Phi) is 6.00. The lowest BCUT2D eigenvalue weighted by atomic mass is 9.71. The highest BCUT2D eigenvalue weighted by Gasteiger charge is 2.48. The van der Waals surface area contributed by atoms with Gasteiger partial charge in [0.25, 0.3) is 5.82 Å². The first-order valence-corrected chi connectivity index (χ1v) is 14.3. The highest BCUT2D eigenvalue weighted by atomic mass is 16.5. The molecule has 1 aromatic heterocycles. The molecule has 7 nitrogen and oxygen atoms in total. The monoisotopic (exact) mass is 561 g/mol. The van der Waals surface area contributed by atoms with E-state index < -0.39 is 5.60 Å². The molecular weight excluding hydrogens is 534 g/mol. The number of hydrogen-bond donors (Lipinski definition) is 0. The first-order chi connectivity index (χ1) is 21.0. The smallest absolute Gasteiger partial charge is 0.376 e. The number of benzene rings is 4. The van der Waals surface area contributed by atoms with Gasteiger partial charge in [-0.3, -0.25) is 0 Å². The summed E-state index contributed by atoms with van der Waals surface area (Å²) in [4.78, 5) is 16.4. The van der Waals surface area contributed by atoms with E-state index in [1.165, 1.54) is 22.3 Å². The van der Waals surface area contributed by atoms with Crippen LogP contribution in [0, 0.1) is 17.9 Å². The van der Waals surface area contributed by atoms with Crippen molar-refractivity contribution in [3.05, 3.63) is 124 Å². The van der Waals surface area contributed by atoms with E-state index in [0.717, 1.165) is 40.5 Å². The van der Waals surface area contributed by atoms with Crippen molar-refractivity contribution >= 4 is 22.8 Å². The molecule has 5 aromatic rings. The van der Waals surface area contributed by atoms with Gasteiger partial charge in [-0.2, -0.15) is 10.2 Å². The fourth-order valence-corrected chi connectivity index (χ4v) is 6.98. The average molecular weight is 562 g/mol. The van der Waals surface area contributed by atoms with Gasteiger partial charge in [0.2, 0.25) is 11.4 Å². The molecule has 0 fully saturated rings. The molecule has 4 aromatic carbocycles. The molecule has 7 rings (SSSR count). The normalized spacial score (nSPS) is 17.2. The fourth-order valence-electron chi connectivity index (χ4n) is 6.98. The largest absolute Gasteiger partial charge is 0.497 e. The van der Waals surface area contributed by atoms with Crippen molar-refractivity contribution in [3.8, 4) is 28.7 Å². The van der Waals surface area contributed by atoms with Crippen LogP contribution in [0.2, 0.25) is 0 Å². The molecule has 2 heterocycles. The number of rotatable bonds is 5. The second kappa shape index (κ2) is 9.79. The summed E-state index contributed by atoms with van der Waals surface area (Å²) in [6.07, 6.45) is 5.94. The summed E-state index contributed by atoms with van der Waals surface area (Å²) in [5.74, 6) is 1.27. The van der Waals surface area contributed by atoms with Gasteiger partial charge in [-0.05, 0) is 58.7 Å². The molecule has 7 heteroatoms. The Morgan fingerprint density at radius 1 is 0.930 bits per heavy atom. The number of hydrogen-bond acceptors (Lipinski definition) is 6. The first kappa shape index (κ1) is 26.4. The topological polar surface area (TPSA) is 85.3 Å². The van der Waals surface area contributed by atoms with Gasteiger partial charge in [0, 0.05) is 21.9 Å². The van der Waals surface area contributed by atoms with Gasteiger partial charge < -0.3 is 14.3 Å². The third-order valence-electron chi connectivity index (χ3n) is 9.03. The highest BCUT2D eigenvalue weighted by Crippen LogP contribution is 2.60. The SMILES string of the molecule is [C-]#[N+]c1nc(C#N)nc(C2(c3ccc(OC)cc3)C=Cc3c4c(c5ccccc5c3O2)-c2ccccc2C4(CC)CC)n1.